The highest BCUT2D eigenvalue weighted by Crippen LogP contribution is 2.27. The lowest BCUT2D eigenvalue weighted by Gasteiger charge is -2.14. The highest BCUT2D eigenvalue weighted by Gasteiger charge is 2.18. The Morgan fingerprint density at radius 1 is 1.13 bits per heavy atom. The molecule has 31 heavy (non-hydrogen) atoms. The van der Waals surface area contributed by atoms with Crippen LogP contribution in [0.1, 0.15) is 56.0 Å². The minimum atomic E-state index is 0.162. The monoisotopic (exact) mass is 424 g/mol. The van der Waals surface area contributed by atoms with Gasteiger partial charge < -0.3 is 16.0 Å². The van der Waals surface area contributed by atoms with Crippen molar-refractivity contribution in [3.63, 3.8) is 0 Å². The van der Waals surface area contributed by atoms with Crippen molar-refractivity contribution in [2.24, 2.45) is 10.9 Å². The normalized spacial score (nSPS) is 14.6. The summed E-state index contributed by atoms with van der Waals surface area (Å²) < 4.78 is 1.97. The Morgan fingerprint density at radius 2 is 1.87 bits per heavy atom. The first-order valence-electron chi connectivity index (χ1n) is 11.5. The van der Waals surface area contributed by atoms with Gasteiger partial charge >= 0.3 is 0 Å². The molecule has 1 aromatic carbocycles. The largest absolute Gasteiger partial charge is 0.357 e. The first-order valence-corrected chi connectivity index (χ1v) is 11.5. The minimum Gasteiger partial charge on any atom is -0.357 e. The average Bonchev–Trinajstić information content (AvgIpc) is 3.38. The molecule has 168 valence electrons. The lowest BCUT2D eigenvalue weighted by molar-refractivity contribution is -0.121. The van der Waals surface area contributed by atoms with E-state index in [0.717, 1.165) is 35.1 Å². The molecule has 0 unspecified atom stereocenters. The van der Waals surface area contributed by atoms with Gasteiger partial charge in [-0.1, -0.05) is 31.0 Å². The van der Waals surface area contributed by atoms with E-state index >= 15 is 0 Å². The number of carbonyl (C=O) groups is 1. The van der Waals surface area contributed by atoms with Crippen molar-refractivity contribution in [3.05, 3.63) is 47.3 Å². The summed E-state index contributed by atoms with van der Waals surface area (Å²) in [5.74, 6) is 1.49. The first kappa shape index (κ1) is 22.8. The molecule has 0 radical (unpaired) electrons. The third-order valence-electron chi connectivity index (χ3n) is 5.67. The zero-order chi connectivity index (χ0) is 22.1. The summed E-state index contributed by atoms with van der Waals surface area (Å²) in [4.78, 5) is 16.8. The van der Waals surface area contributed by atoms with E-state index in [-0.39, 0.29) is 5.91 Å². The van der Waals surface area contributed by atoms with Crippen LogP contribution in [-0.2, 0) is 11.3 Å². The highest BCUT2D eigenvalue weighted by atomic mass is 16.1. The number of carbonyl (C=O) groups excluding carboxylic acids is 1. The number of para-hydroxylation sites is 1. The predicted molar refractivity (Wildman–Crippen MR) is 125 cm³/mol. The number of hydrogen-bond acceptors (Lipinski definition) is 3. The molecule has 1 aromatic heterocycles. The molecular weight excluding hydrogens is 388 g/mol. The maximum absolute atomic E-state index is 12.1. The Kier molecular flexibility index (Phi) is 8.50. The van der Waals surface area contributed by atoms with E-state index in [1.165, 1.54) is 25.7 Å². The van der Waals surface area contributed by atoms with E-state index in [4.69, 9.17) is 4.99 Å². The van der Waals surface area contributed by atoms with Crippen LogP contribution in [0.2, 0.25) is 0 Å². The molecule has 0 aliphatic heterocycles. The summed E-state index contributed by atoms with van der Waals surface area (Å²) in [5.41, 5.74) is 4.26. The third-order valence-corrected chi connectivity index (χ3v) is 5.67. The SMILES string of the molecule is CCNC(=NCc1ccccc1-n1nc(C)cc1C)NCCNC(=O)CC1CCCC1. The number of aryl methyl sites for hydroxylation is 2. The highest BCUT2D eigenvalue weighted by molar-refractivity contribution is 5.80. The van der Waals surface area contributed by atoms with Gasteiger partial charge in [0.25, 0.3) is 0 Å². The van der Waals surface area contributed by atoms with Crippen molar-refractivity contribution in [1.82, 2.24) is 25.7 Å². The second-order valence-electron chi connectivity index (χ2n) is 8.29. The molecule has 3 N–H and O–H groups in total. The summed E-state index contributed by atoms with van der Waals surface area (Å²) >= 11 is 0. The van der Waals surface area contributed by atoms with Crippen LogP contribution in [0.5, 0.6) is 0 Å². The van der Waals surface area contributed by atoms with Gasteiger partial charge in [0.05, 0.1) is 17.9 Å². The summed E-state index contributed by atoms with van der Waals surface area (Å²) in [6.45, 7) is 8.66. The van der Waals surface area contributed by atoms with Crippen LogP contribution in [0.15, 0.2) is 35.3 Å². The smallest absolute Gasteiger partial charge is 0.220 e. The number of guanidine groups is 1. The molecule has 1 saturated carbocycles. The number of aliphatic imine (C=N–C) groups is 1. The van der Waals surface area contributed by atoms with Crippen LogP contribution < -0.4 is 16.0 Å². The Morgan fingerprint density at radius 3 is 2.58 bits per heavy atom. The minimum absolute atomic E-state index is 0.162. The predicted octanol–water partition coefficient (Wildman–Crippen LogP) is 3.24. The maximum Gasteiger partial charge on any atom is 0.220 e. The number of nitrogens with zero attached hydrogens (tertiary/aromatic N) is 3. The standard InChI is InChI=1S/C24H36N6O/c1-4-25-24(27-14-13-26-23(31)16-20-9-5-6-10-20)28-17-21-11-7-8-12-22(21)30-19(3)15-18(2)29-30/h7-8,11-12,15,20H,4-6,9-10,13-14,16-17H2,1-3H3,(H,26,31)(H2,25,27,28). The van der Waals surface area contributed by atoms with Gasteiger partial charge in [-0.05, 0) is 57.2 Å². The van der Waals surface area contributed by atoms with E-state index in [0.29, 0.717) is 32.0 Å². The van der Waals surface area contributed by atoms with Crippen molar-refractivity contribution in [2.45, 2.75) is 59.4 Å². The summed E-state index contributed by atoms with van der Waals surface area (Å²) in [6.07, 6.45) is 5.59. The van der Waals surface area contributed by atoms with Crippen LogP contribution in [0.4, 0.5) is 0 Å². The quantitative estimate of drug-likeness (QED) is 0.328. The third kappa shape index (κ3) is 6.84. The number of hydrogen-bond donors (Lipinski definition) is 3. The Hall–Kier alpha value is -2.83. The van der Waals surface area contributed by atoms with Crippen molar-refractivity contribution < 1.29 is 4.79 Å². The van der Waals surface area contributed by atoms with Crippen LogP contribution in [0, 0.1) is 19.8 Å². The molecule has 1 aliphatic rings. The molecule has 0 bridgehead atoms. The van der Waals surface area contributed by atoms with Gasteiger partial charge in [-0.15, -0.1) is 0 Å². The topological polar surface area (TPSA) is 83.3 Å². The molecule has 0 spiro atoms. The number of rotatable bonds is 9. The van der Waals surface area contributed by atoms with E-state index < -0.39 is 0 Å². The zero-order valence-corrected chi connectivity index (χ0v) is 19.1. The molecule has 7 heteroatoms. The molecule has 0 atom stereocenters. The van der Waals surface area contributed by atoms with E-state index in [9.17, 15) is 4.79 Å². The summed E-state index contributed by atoms with van der Waals surface area (Å²) in [6, 6.07) is 10.3. The van der Waals surface area contributed by atoms with E-state index in [2.05, 4.69) is 46.2 Å². The second-order valence-corrected chi connectivity index (χ2v) is 8.29. The first-order chi connectivity index (χ1) is 15.1. The fraction of sp³-hybridized carbons (Fsp3) is 0.542. The van der Waals surface area contributed by atoms with Crippen molar-refractivity contribution in [3.8, 4) is 5.69 Å². The van der Waals surface area contributed by atoms with E-state index in [1.807, 2.05) is 30.7 Å². The van der Waals surface area contributed by atoms with Crippen LogP contribution in [-0.4, -0.2) is 41.3 Å². The van der Waals surface area contributed by atoms with Gasteiger partial charge in [-0.25, -0.2) is 9.67 Å². The lowest BCUT2D eigenvalue weighted by Crippen LogP contribution is -2.41. The zero-order valence-electron chi connectivity index (χ0n) is 19.1. The van der Waals surface area contributed by atoms with Gasteiger partial charge in [0.1, 0.15) is 0 Å². The fourth-order valence-electron chi connectivity index (χ4n) is 4.16. The van der Waals surface area contributed by atoms with Crippen LogP contribution >= 0.6 is 0 Å². The molecule has 1 heterocycles. The van der Waals surface area contributed by atoms with Gasteiger partial charge in [-0.2, -0.15) is 5.10 Å². The molecule has 1 aliphatic carbocycles. The number of aromatic nitrogens is 2. The second kappa shape index (κ2) is 11.5. The average molecular weight is 425 g/mol. The van der Waals surface area contributed by atoms with Gasteiger partial charge in [0.2, 0.25) is 5.91 Å². The van der Waals surface area contributed by atoms with Gasteiger partial charge in [0.15, 0.2) is 5.96 Å². The number of benzene rings is 1. The molecular formula is C24H36N6O. The molecule has 2 aromatic rings. The molecule has 3 rings (SSSR count). The summed E-state index contributed by atoms with van der Waals surface area (Å²) in [7, 11) is 0. The number of amides is 1. The molecule has 1 fully saturated rings. The lowest BCUT2D eigenvalue weighted by atomic mass is 10.0. The Labute approximate surface area is 185 Å². The van der Waals surface area contributed by atoms with Crippen molar-refractivity contribution in [2.75, 3.05) is 19.6 Å². The fourth-order valence-corrected chi connectivity index (χ4v) is 4.16. The summed E-state index contributed by atoms with van der Waals surface area (Å²) in [5, 5.41) is 14.2. The molecule has 1 amide bonds. The van der Waals surface area contributed by atoms with Gasteiger partial charge in [-0.3, -0.25) is 4.79 Å². The Balaban J connectivity index is 1.54. The van der Waals surface area contributed by atoms with Crippen LogP contribution in [0.25, 0.3) is 5.69 Å². The maximum atomic E-state index is 12.1. The number of nitrogens with one attached hydrogen (secondary N) is 3. The van der Waals surface area contributed by atoms with Crippen molar-refractivity contribution in [1.29, 1.82) is 0 Å². The van der Waals surface area contributed by atoms with Crippen molar-refractivity contribution >= 4 is 11.9 Å². The Bertz CT molecular complexity index is 882. The van der Waals surface area contributed by atoms with Gasteiger partial charge in [0, 0.05) is 31.7 Å². The van der Waals surface area contributed by atoms with E-state index in [1.54, 1.807) is 0 Å². The molecule has 7 nitrogen and oxygen atoms in total. The van der Waals surface area contributed by atoms with Crippen LogP contribution in [0.3, 0.4) is 0 Å². The molecule has 0 saturated heterocycles.